The van der Waals surface area contributed by atoms with Crippen LogP contribution in [0, 0.1) is 6.92 Å². The van der Waals surface area contributed by atoms with Crippen LogP contribution in [0.15, 0.2) is 18.2 Å². The maximum atomic E-state index is 10.9. The zero-order valence-corrected chi connectivity index (χ0v) is 8.00. The van der Waals surface area contributed by atoms with Crippen LogP contribution in [-0.2, 0) is 17.8 Å². The van der Waals surface area contributed by atoms with Crippen LogP contribution in [-0.4, -0.2) is 10.9 Å². The van der Waals surface area contributed by atoms with Crippen LogP contribution in [0.4, 0.5) is 0 Å². The van der Waals surface area contributed by atoms with Gasteiger partial charge in [-0.2, -0.15) is 0 Å². The number of benzene rings is 1. The summed E-state index contributed by atoms with van der Waals surface area (Å²) >= 11 is 0. The van der Waals surface area contributed by atoms with Crippen LogP contribution in [0.3, 0.4) is 0 Å². The van der Waals surface area contributed by atoms with Crippen molar-refractivity contribution < 1.29 is 9.90 Å². The number of aliphatic hydroxyl groups is 1. The molecular formula is C11H14O2. The van der Waals surface area contributed by atoms with E-state index in [-0.39, 0.29) is 12.4 Å². The zero-order valence-electron chi connectivity index (χ0n) is 8.00. The van der Waals surface area contributed by atoms with Gasteiger partial charge < -0.3 is 5.11 Å². The molecule has 0 saturated carbocycles. The maximum absolute atomic E-state index is 10.9. The molecule has 0 bridgehead atoms. The van der Waals surface area contributed by atoms with Gasteiger partial charge in [0.05, 0.1) is 6.61 Å². The molecule has 1 aromatic rings. The molecule has 1 rings (SSSR count). The van der Waals surface area contributed by atoms with Crippen LogP contribution in [0.1, 0.15) is 23.6 Å². The molecule has 0 fully saturated rings. The fourth-order valence-electron chi connectivity index (χ4n) is 1.34. The van der Waals surface area contributed by atoms with Crippen LogP contribution < -0.4 is 0 Å². The van der Waals surface area contributed by atoms with Gasteiger partial charge in [-0.1, -0.05) is 23.8 Å². The SMILES string of the molecule is CC(=O)Cc1cc(C)ccc1CO. The number of hydrogen-bond acceptors (Lipinski definition) is 2. The number of aryl methyl sites for hydroxylation is 1. The molecule has 0 radical (unpaired) electrons. The van der Waals surface area contributed by atoms with Crippen LogP contribution in [0.25, 0.3) is 0 Å². The highest BCUT2D eigenvalue weighted by Crippen LogP contribution is 2.12. The molecule has 2 heteroatoms. The van der Waals surface area contributed by atoms with Crippen molar-refractivity contribution in [3.8, 4) is 0 Å². The minimum Gasteiger partial charge on any atom is -0.392 e. The Labute approximate surface area is 78.2 Å². The minimum absolute atomic E-state index is 0.00287. The van der Waals surface area contributed by atoms with Crippen molar-refractivity contribution >= 4 is 5.78 Å². The van der Waals surface area contributed by atoms with Crippen molar-refractivity contribution in [3.05, 3.63) is 34.9 Å². The van der Waals surface area contributed by atoms with Gasteiger partial charge in [-0.25, -0.2) is 0 Å². The lowest BCUT2D eigenvalue weighted by Gasteiger charge is -2.06. The van der Waals surface area contributed by atoms with Crippen LogP contribution in [0.5, 0.6) is 0 Å². The lowest BCUT2D eigenvalue weighted by atomic mass is 10.0. The van der Waals surface area contributed by atoms with Gasteiger partial charge in [-0.05, 0) is 25.0 Å². The quantitative estimate of drug-likeness (QED) is 0.763. The van der Waals surface area contributed by atoms with Gasteiger partial charge in [0, 0.05) is 6.42 Å². The van der Waals surface area contributed by atoms with Crippen molar-refractivity contribution in [3.63, 3.8) is 0 Å². The second-order valence-corrected chi connectivity index (χ2v) is 3.31. The van der Waals surface area contributed by atoms with Crippen molar-refractivity contribution in [1.29, 1.82) is 0 Å². The first kappa shape index (κ1) is 9.93. The highest BCUT2D eigenvalue weighted by molar-refractivity contribution is 5.78. The Morgan fingerprint density at radius 3 is 2.62 bits per heavy atom. The third-order valence-corrected chi connectivity index (χ3v) is 1.97. The van der Waals surface area contributed by atoms with Crippen molar-refractivity contribution in [2.24, 2.45) is 0 Å². The van der Waals surface area contributed by atoms with E-state index < -0.39 is 0 Å². The number of rotatable bonds is 3. The van der Waals surface area contributed by atoms with E-state index in [1.165, 1.54) is 0 Å². The molecule has 2 nitrogen and oxygen atoms in total. The smallest absolute Gasteiger partial charge is 0.134 e. The summed E-state index contributed by atoms with van der Waals surface area (Å²) in [5, 5.41) is 9.01. The first-order valence-corrected chi connectivity index (χ1v) is 4.32. The third-order valence-electron chi connectivity index (χ3n) is 1.97. The molecule has 0 atom stereocenters. The highest BCUT2D eigenvalue weighted by atomic mass is 16.3. The molecule has 0 unspecified atom stereocenters. The third kappa shape index (κ3) is 2.67. The number of carbonyl (C=O) groups excluding carboxylic acids is 1. The normalized spacial score (nSPS) is 10.1. The Morgan fingerprint density at radius 1 is 1.38 bits per heavy atom. The predicted molar refractivity (Wildman–Crippen MR) is 51.5 cm³/mol. The molecule has 0 heterocycles. The molecule has 70 valence electrons. The number of hydrogen-bond donors (Lipinski definition) is 1. The molecular weight excluding hydrogens is 164 g/mol. The van der Waals surface area contributed by atoms with E-state index in [1.54, 1.807) is 6.92 Å². The topological polar surface area (TPSA) is 37.3 Å². The molecule has 13 heavy (non-hydrogen) atoms. The number of carbonyl (C=O) groups is 1. The molecule has 0 aliphatic heterocycles. The van der Waals surface area contributed by atoms with Gasteiger partial charge in [0.15, 0.2) is 0 Å². The van der Waals surface area contributed by atoms with Gasteiger partial charge in [-0.3, -0.25) is 4.79 Å². The molecule has 0 spiro atoms. The van der Waals surface area contributed by atoms with Crippen LogP contribution >= 0.6 is 0 Å². The van der Waals surface area contributed by atoms with Crippen molar-refractivity contribution in [2.75, 3.05) is 0 Å². The van der Waals surface area contributed by atoms with Crippen molar-refractivity contribution in [1.82, 2.24) is 0 Å². The van der Waals surface area contributed by atoms with E-state index in [2.05, 4.69) is 0 Å². The van der Waals surface area contributed by atoms with Gasteiger partial charge >= 0.3 is 0 Å². The van der Waals surface area contributed by atoms with Crippen molar-refractivity contribution in [2.45, 2.75) is 26.9 Å². The summed E-state index contributed by atoms with van der Waals surface area (Å²) in [4.78, 5) is 10.9. The number of ketones is 1. The minimum atomic E-state index is 0.00287. The van der Waals surface area contributed by atoms with E-state index >= 15 is 0 Å². The Hall–Kier alpha value is -1.15. The molecule has 0 amide bonds. The Kier molecular flexibility index (Phi) is 3.20. The highest BCUT2D eigenvalue weighted by Gasteiger charge is 2.03. The fraction of sp³-hybridized carbons (Fsp3) is 0.364. The summed E-state index contributed by atoms with van der Waals surface area (Å²) in [5.41, 5.74) is 2.91. The van der Waals surface area contributed by atoms with Gasteiger partial charge in [0.25, 0.3) is 0 Å². The molecule has 0 aliphatic rings. The van der Waals surface area contributed by atoms with Gasteiger partial charge in [0.1, 0.15) is 5.78 Å². The molecule has 0 aromatic heterocycles. The summed E-state index contributed by atoms with van der Waals surface area (Å²) in [6.07, 6.45) is 0.414. The summed E-state index contributed by atoms with van der Waals surface area (Å²) < 4.78 is 0. The van der Waals surface area contributed by atoms with Crippen LogP contribution in [0.2, 0.25) is 0 Å². The standard InChI is InChI=1S/C11H14O2/c1-8-3-4-10(7-12)11(5-8)6-9(2)13/h3-5,12H,6-7H2,1-2H3. The van der Waals surface area contributed by atoms with Gasteiger partial charge in [0.2, 0.25) is 0 Å². The Morgan fingerprint density at radius 2 is 2.08 bits per heavy atom. The molecule has 0 aliphatic carbocycles. The summed E-state index contributed by atoms with van der Waals surface area (Å²) in [6.45, 7) is 3.54. The first-order chi connectivity index (χ1) is 6.13. The Bertz CT molecular complexity index is 316. The Balaban J connectivity index is 3.01. The van der Waals surface area contributed by atoms with E-state index in [4.69, 9.17) is 5.11 Å². The fourth-order valence-corrected chi connectivity index (χ4v) is 1.34. The maximum Gasteiger partial charge on any atom is 0.134 e. The van der Waals surface area contributed by atoms with Gasteiger partial charge in [-0.15, -0.1) is 0 Å². The van der Waals surface area contributed by atoms with E-state index in [1.807, 2.05) is 25.1 Å². The van der Waals surface area contributed by atoms with E-state index in [0.717, 1.165) is 16.7 Å². The van der Waals surface area contributed by atoms with E-state index in [0.29, 0.717) is 6.42 Å². The molecule has 1 aromatic carbocycles. The first-order valence-electron chi connectivity index (χ1n) is 4.32. The molecule has 0 saturated heterocycles. The average molecular weight is 178 g/mol. The molecule has 1 N–H and O–H groups in total. The lowest BCUT2D eigenvalue weighted by molar-refractivity contribution is -0.116. The summed E-state index contributed by atoms with van der Waals surface area (Å²) in [6, 6.07) is 5.76. The monoisotopic (exact) mass is 178 g/mol. The number of aliphatic hydroxyl groups excluding tert-OH is 1. The van der Waals surface area contributed by atoms with E-state index in [9.17, 15) is 4.79 Å². The average Bonchev–Trinajstić information content (AvgIpc) is 2.03. The number of Topliss-reactive ketones (excluding diaryl/α,β-unsaturated/α-hetero) is 1. The summed E-state index contributed by atoms with van der Waals surface area (Å²) in [5.74, 6) is 0.125. The second kappa shape index (κ2) is 4.19. The zero-order chi connectivity index (χ0) is 9.84. The predicted octanol–water partition coefficient (Wildman–Crippen LogP) is 1.62. The second-order valence-electron chi connectivity index (χ2n) is 3.31. The largest absolute Gasteiger partial charge is 0.392 e. The summed E-state index contributed by atoms with van der Waals surface area (Å²) in [7, 11) is 0. The lowest BCUT2D eigenvalue weighted by Crippen LogP contribution is -2.01.